The number of benzene rings is 4. The second-order valence-corrected chi connectivity index (χ2v) is 16.9. The molecule has 2 aliphatic heterocycles. The number of halogens is 16. The molecule has 2 aliphatic rings. The molecule has 0 unspecified atom stereocenters. The van der Waals surface area contributed by atoms with Gasteiger partial charge in [-0.3, -0.25) is 0 Å². The van der Waals surface area contributed by atoms with Crippen LogP contribution in [0, 0.1) is 93.1 Å². The lowest BCUT2D eigenvalue weighted by Crippen LogP contribution is -2.16. The minimum absolute atomic E-state index is 0.445. The van der Waals surface area contributed by atoms with Gasteiger partial charge in [-0.1, -0.05) is 0 Å². The van der Waals surface area contributed by atoms with E-state index in [4.69, 9.17) is 37.9 Å². The molecule has 24 nitrogen and oxygen atoms in total. The van der Waals surface area contributed by atoms with E-state index in [0.717, 1.165) is 19.6 Å². The summed E-state index contributed by atoms with van der Waals surface area (Å²) in [4.78, 5) is 47.7. The lowest BCUT2D eigenvalue weighted by Gasteiger charge is -2.17. The normalized spacial score (nSPS) is 12.1. The van der Waals surface area contributed by atoms with Crippen molar-refractivity contribution in [2.45, 2.75) is 0 Å². The van der Waals surface area contributed by atoms with Gasteiger partial charge < -0.3 is 57.5 Å². The third kappa shape index (κ3) is 10.8. The maximum absolute atomic E-state index is 15.4. The molecular formula is C44H24F16N16O8. The average Bonchev–Trinajstić information content (AvgIpc) is 2.92. The van der Waals surface area contributed by atoms with Crippen LogP contribution in [-0.2, 0) is 0 Å². The first-order valence-electron chi connectivity index (χ1n) is 22.1. The maximum Gasteiger partial charge on any atom is 0.330 e. The van der Waals surface area contributed by atoms with E-state index in [1.807, 2.05) is 0 Å². The molecule has 0 aliphatic carbocycles. The van der Waals surface area contributed by atoms with E-state index in [2.05, 4.69) is 59.8 Å². The fourth-order valence-electron chi connectivity index (χ4n) is 6.29. The van der Waals surface area contributed by atoms with E-state index in [-0.39, 0.29) is 0 Å². The van der Waals surface area contributed by atoms with Crippen molar-refractivity contribution >= 4 is 23.8 Å². The molecule has 10 rings (SSSR count). The van der Waals surface area contributed by atoms with Gasteiger partial charge in [-0.05, 0) is 0 Å². The van der Waals surface area contributed by atoms with Crippen molar-refractivity contribution in [1.29, 1.82) is 0 Å². The monoisotopic (exact) mass is 1210 g/mol. The van der Waals surface area contributed by atoms with Crippen molar-refractivity contribution in [2.24, 2.45) is 0 Å². The average molecular weight is 1210 g/mol. The Bertz CT molecular complexity index is 3320. The van der Waals surface area contributed by atoms with Gasteiger partial charge in [-0.2, -0.15) is 92.6 Å². The minimum atomic E-state index is -2.28. The molecule has 0 N–H and O–H groups in total. The summed E-state index contributed by atoms with van der Waals surface area (Å²) in [6, 6.07) is -8.76. The van der Waals surface area contributed by atoms with Gasteiger partial charge in [0.15, 0.2) is 0 Å². The van der Waals surface area contributed by atoms with Gasteiger partial charge in [0.25, 0.3) is 0 Å². The predicted molar refractivity (Wildman–Crippen MR) is 242 cm³/mol. The van der Waals surface area contributed by atoms with Crippen LogP contribution in [-0.4, -0.2) is 116 Å². The summed E-state index contributed by atoms with van der Waals surface area (Å²) in [5.41, 5.74) is 0. The van der Waals surface area contributed by atoms with Crippen LogP contribution in [0.25, 0.3) is 0 Å². The molecule has 440 valence electrons. The zero-order valence-corrected chi connectivity index (χ0v) is 42.5. The third-order valence-corrected chi connectivity index (χ3v) is 10.2. The first-order valence-corrected chi connectivity index (χ1v) is 22.1. The van der Waals surface area contributed by atoms with Crippen molar-refractivity contribution in [3.8, 4) is 94.1 Å². The number of hydrogen-bond donors (Lipinski definition) is 0. The Kier molecular flexibility index (Phi) is 15.2. The number of aromatic nitrogens is 12. The fraction of sp³-hybridized carbons (Fsp3) is 0.182. The maximum atomic E-state index is 15.4. The molecular weight excluding hydrogens is 1180 g/mol. The Labute approximate surface area is 454 Å². The molecule has 0 atom stereocenters. The molecule has 6 heterocycles. The summed E-state index contributed by atoms with van der Waals surface area (Å²) in [7, 11) is 10.6. The van der Waals surface area contributed by atoms with E-state index in [1.165, 1.54) is 56.4 Å². The first-order chi connectivity index (χ1) is 39.5. The quantitative estimate of drug-likeness (QED) is 0.0904. The zero-order chi connectivity index (χ0) is 61.2. The van der Waals surface area contributed by atoms with Crippen LogP contribution in [0.4, 0.5) is 94.0 Å². The largest absolute Gasteiger partial charge is 0.417 e. The van der Waals surface area contributed by atoms with Crippen molar-refractivity contribution in [1.82, 2.24) is 59.8 Å². The Morgan fingerprint density at radius 3 is 0.405 bits per heavy atom. The summed E-state index contributed by atoms with van der Waals surface area (Å²) >= 11 is 0. The number of rotatable bonds is 4. The molecule has 4 aromatic carbocycles. The number of ether oxygens (including phenoxy) is 8. The van der Waals surface area contributed by atoms with E-state index in [0.29, 0.717) is 0 Å². The van der Waals surface area contributed by atoms with Crippen molar-refractivity contribution in [3.05, 3.63) is 93.1 Å². The Morgan fingerprint density at radius 1 is 0.179 bits per heavy atom. The van der Waals surface area contributed by atoms with Crippen LogP contribution in [0.1, 0.15) is 0 Å². The molecule has 0 radical (unpaired) electrons. The molecule has 0 amide bonds. The number of hydrogen-bond acceptors (Lipinski definition) is 24. The Hall–Kier alpha value is -10.6. The van der Waals surface area contributed by atoms with Crippen LogP contribution in [0.15, 0.2) is 0 Å². The highest BCUT2D eigenvalue weighted by atomic mass is 19.2. The van der Waals surface area contributed by atoms with Crippen LogP contribution in [0.5, 0.6) is 94.1 Å². The summed E-state index contributed by atoms with van der Waals surface area (Å²) in [6.07, 6.45) is 0. The second-order valence-electron chi connectivity index (χ2n) is 16.9. The van der Waals surface area contributed by atoms with E-state index in [1.54, 1.807) is 0 Å². The van der Waals surface area contributed by atoms with Crippen molar-refractivity contribution < 1.29 is 108 Å². The van der Waals surface area contributed by atoms with Crippen molar-refractivity contribution in [2.75, 3.05) is 76.0 Å². The molecule has 0 fully saturated rings. The minimum Gasteiger partial charge on any atom is -0.417 e. The smallest absolute Gasteiger partial charge is 0.330 e. The molecule has 0 spiro atoms. The summed E-state index contributed by atoms with van der Waals surface area (Å²) in [5.74, 6) is -49.7. The van der Waals surface area contributed by atoms with Gasteiger partial charge in [0.2, 0.25) is 163 Å². The van der Waals surface area contributed by atoms with E-state index < -0.39 is 211 Å². The van der Waals surface area contributed by atoms with Gasteiger partial charge in [-0.25, -0.2) is 17.6 Å². The summed E-state index contributed by atoms with van der Waals surface area (Å²) in [6.45, 7) is 0. The van der Waals surface area contributed by atoms with Crippen LogP contribution >= 0.6 is 0 Å². The molecule has 0 saturated carbocycles. The first kappa shape index (κ1) is 58.1. The number of anilines is 4. The van der Waals surface area contributed by atoms with Crippen LogP contribution in [0.3, 0.4) is 0 Å². The lowest BCUT2D eigenvalue weighted by atomic mass is 10.2. The lowest BCUT2D eigenvalue weighted by molar-refractivity contribution is 0.294. The standard InChI is InChI=1S/2C22H12F8N8O4/c2*1-37(2)17-31-19-35-20(32-17)40-14-8(26)6(24)10(28)16(12(14)30)42-22-34-18(38(3)4)33-21(36-22)41-15-9(27)5(23)7(25)13(39-19)11(15)29/h2*1-4H3. The fourth-order valence-corrected chi connectivity index (χ4v) is 6.29. The molecule has 84 heavy (non-hydrogen) atoms. The molecule has 0 saturated heterocycles. The summed E-state index contributed by atoms with van der Waals surface area (Å²) in [5, 5.41) is 0. The molecule has 4 aromatic heterocycles. The highest BCUT2D eigenvalue weighted by Crippen LogP contribution is 2.45. The highest BCUT2D eigenvalue weighted by Gasteiger charge is 2.37. The Balaban J connectivity index is 0.000000202. The van der Waals surface area contributed by atoms with Crippen LogP contribution < -0.4 is 57.5 Å². The van der Waals surface area contributed by atoms with Gasteiger partial charge >= 0.3 is 48.1 Å². The van der Waals surface area contributed by atoms with Gasteiger partial charge in [0.05, 0.1) is 0 Å². The number of nitrogens with zero attached hydrogens (tertiary/aromatic N) is 16. The van der Waals surface area contributed by atoms with E-state index in [9.17, 15) is 52.7 Å². The van der Waals surface area contributed by atoms with Gasteiger partial charge in [-0.15, -0.1) is 19.9 Å². The third-order valence-electron chi connectivity index (χ3n) is 10.2. The van der Waals surface area contributed by atoms with Crippen LogP contribution in [0.2, 0.25) is 0 Å². The Morgan fingerprint density at radius 2 is 0.298 bits per heavy atom. The van der Waals surface area contributed by atoms with Crippen molar-refractivity contribution in [3.63, 3.8) is 0 Å². The summed E-state index contributed by atoms with van der Waals surface area (Å²) < 4.78 is 276. The van der Waals surface area contributed by atoms with Gasteiger partial charge in [0.1, 0.15) is 0 Å². The van der Waals surface area contributed by atoms with Gasteiger partial charge in [0, 0.05) is 56.4 Å². The zero-order valence-electron chi connectivity index (χ0n) is 42.5. The molecule has 8 aromatic rings. The molecule has 16 bridgehead atoms. The second kappa shape index (κ2) is 22.0. The van der Waals surface area contributed by atoms with E-state index >= 15 is 17.6 Å². The predicted octanol–water partition coefficient (Wildman–Crippen LogP) is 9.57. The molecule has 40 heteroatoms. The number of fused-ring (bicyclic) bond motifs is 16. The SMILES string of the molecule is CN(C)c1nc2nc(n1)Oc1c(F)c(F)c(F)c(c1F)Oc1nc(nc(N(C)C)n1)Oc1c(F)c(F)c(F)c(c1F)O2.CN(C)c1nc2nc(n1)Oc1c(F)c(F)c(F)c(c1F)Oc1nc(nc(N(C)C)n1)Oc1c(F)c(F)c(F)c(c1F)O2. The highest BCUT2D eigenvalue weighted by molar-refractivity contribution is 5.48. The topological polar surface area (TPSA) is 241 Å².